The summed E-state index contributed by atoms with van der Waals surface area (Å²) in [6.07, 6.45) is 2.68. The highest BCUT2D eigenvalue weighted by Crippen LogP contribution is 2.04. The van der Waals surface area contributed by atoms with Crippen LogP contribution in [0, 0.1) is 0 Å². The fourth-order valence-electron chi connectivity index (χ4n) is 1.28. The molecule has 1 aliphatic heterocycles. The van der Waals surface area contributed by atoms with Crippen LogP contribution in [0.15, 0.2) is 0 Å². The maximum absolute atomic E-state index is 3.40. The Kier molecular flexibility index (Phi) is 2.49. The predicted octanol–water partition coefficient (Wildman–Crippen LogP) is 0.995. The van der Waals surface area contributed by atoms with Crippen molar-refractivity contribution in [3.05, 3.63) is 0 Å². The number of hydrazine groups is 1. The van der Waals surface area contributed by atoms with Gasteiger partial charge in [-0.1, -0.05) is 6.92 Å². The fourth-order valence-corrected chi connectivity index (χ4v) is 1.28. The second-order valence-corrected chi connectivity index (χ2v) is 2.75. The summed E-state index contributed by atoms with van der Waals surface area (Å²) in [7, 11) is 0. The van der Waals surface area contributed by atoms with Gasteiger partial charge in [-0.25, -0.2) is 5.01 Å². The lowest BCUT2D eigenvalue weighted by atomic mass is 10.1. The first kappa shape index (κ1) is 7.03. The Bertz CT molecular complexity index is 83.0. The van der Waals surface area contributed by atoms with Crippen LogP contribution < -0.4 is 5.43 Å². The van der Waals surface area contributed by atoms with Gasteiger partial charge in [0, 0.05) is 19.1 Å². The molecule has 0 spiro atoms. The smallest absolute Gasteiger partial charge is 0.0187 e. The van der Waals surface area contributed by atoms with Crippen LogP contribution in [-0.4, -0.2) is 24.1 Å². The van der Waals surface area contributed by atoms with E-state index in [0.717, 1.165) is 6.54 Å². The molecule has 1 fully saturated rings. The molecular formula is C7H16N2. The van der Waals surface area contributed by atoms with E-state index in [1.807, 2.05) is 0 Å². The van der Waals surface area contributed by atoms with Crippen molar-refractivity contribution >= 4 is 0 Å². The van der Waals surface area contributed by atoms with Gasteiger partial charge >= 0.3 is 0 Å². The highest BCUT2D eigenvalue weighted by Gasteiger charge is 2.12. The molecular weight excluding hydrogens is 112 g/mol. The van der Waals surface area contributed by atoms with Crippen LogP contribution in [0.5, 0.6) is 0 Å². The van der Waals surface area contributed by atoms with E-state index < -0.39 is 0 Å². The second kappa shape index (κ2) is 3.18. The Morgan fingerprint density at radius 3 is 2.89 bits per heavy atom. The highest BCUT2D eigenvalue weighted by molar-refractivity contribution is 4.66. The average Bonchev–Trinajstić information content (AvgIpc) is 1.88. The van der Waals surface area contributed by atoms with Gasteiger partial charge in [-0.15, -0.1) is 0 Å². The van der Waals surface area contributed by atoms with Gasteiger partial charge < -0.3 is 0 Å². The normalized spacial score (nSPS) is 30.7. The van der Waals surface area contributed by atoms with Crippen LogP contribution >= 0.6 is 0 Å². The molecule has 1 unspecified atom stereocenters. The zero-order valence-electron chi connectivity index (χ0n) is 6.35. The Morgan fingerprint density at radius 1 is 1.67 bits per heavy atom. The summed E-state index contributed by atoms with van der Waals surface area (Å²) in [5.74, 6) is 0. The van der Waals surface area contributed by atoms with E-state index in [2.05, 4.69) is 24.3 Å². The molecule has 0 aromatic rings. The zero-order chi connectivity index (χ0) is 6.69. The first-order valence-corrected chi connectivity index (χ1v) is 3.84. The summed E-state index contributed by atoms with van der Waals surface area (Å²) < 4.78 is 0. The van der Waals surface area contributed by atoms with E-state index >= 15 is 0 Å². The Balaban J connectivity index is 2.23. The standard InChI is InChI=1S/C7H16N2/c1-3-9-6-4-5-7(2)8-9/h7-8H,3-6H2,1-2H3. The van der Waals surface area contributed by atoms with E-state index in [4.69, 9.17) is 0 Å². The maximum Gasteiger partial charge on any atom is 0.0187 e. The number of nitrogens with one attached hydrogen (secondary N) is 1. The van der Waals surface area contributed by atoms with Gasteiger partial charge in [-0.2, -0.15) is 0 Å². The predicted molar refractivity (Wildman–Crippen MR) is 39.1 cm³/mol. The molecule has 9 heavy (non-hydrogen) atoms. The topological polar surface area (TPSA) is 15.3 Å². The molecule has 1 N–H and O–H groups in total. The summed E-state index contributed by atoms with van der Waals surface area (Å²) in [4.78, 5) is 0. The summed E-state index contributed by atoms with van der Waals surface area (Å²) in [6, 6.07) is 0.693. The maximum atomic E-state index is 3.40. The molecule has 2 nitrogen and oxygen atoms in total. The minimum absolute atomic E-state index is 0.693. The van der Waals surface area contributed by atoms with E-state index in [0.29, 0.717) is 6.04 Å². The van der Waals surface area contributed by atoms with Crippen LogP contribution in [0.25, 0.3) is 0 Å². The Hall–Kier alpha value is -0.0800. The lowest BCUT2D eigenvalue weighted by Crippen LogP contribution is -2.47. The van der Waals surface area contributed by atoms with Crippen molar-refractivity contribution in [3.8, 4) is 0 Å². The van der Waals surface area contributed by atoms with E-state index in [9.17, 15) is 0 Å². The lowest BCUT2D eigenvalue weighted by Gasteiger charge is -2.30. The zero-order valence-corrected chi connectivity index (χ0v) is 6.35. The first-order chi connectivity index (χ1) is 4.33. The number of hydrogen-bond acceptors (Lipinski definition) is 2. The summed E-state index contributed by atoms with van der Waals surface area (Å²) in [6.45, 7) is 6.78. The Morgan fingerprint density at radius 2 is 2.44 bits per heavy atom. The van der Waals surface area contributed by atoms with Crippen LogP contribution in [-0.2, 0) is 0 Å². The van der Waals surface area contributed by atoms with Crippen LogP contribution in [0.3, 0.4) is 0 Å². The third-order valence-electron chi connectivity index (χ3n) is 1.85. The molecule has 0 amide bonds. The van der Waals surface area contributed by atoms with Gasteiger partial charge in [0.25, 0.3) is 0 Å². The second-order valence-electron chi connectivity index (χ2n) is 2.75. The van der Waals surface area contributed by atoms with E-state index in [1.54, 1.807) is 0 Å². The van der Waals surface area contributed by atoms with Crippen LogP contribution in [0.2, 0.25) is 0 Å². The van der Waals surface area contributed by atoms with Crippen LogP contribution in [0.4, 0.5) is 0 Å². The van der Waals surface area contributed by atoms with Gasteiger partial charge in [0.15, 0.2) is 0 Å². The Labute approximate surface area is 57.2 Å². The van der Waals surface area contributed by atoms with Gasteiger partial charge in [0.1, 0.15) is 0 Å². The molecule has 0 bridgehead atoms. The molecule has 1 aliphatic rings. The van der Waals surface area contributed by atoms with Crippen LogP contribution in [0.1, 0.15) is 26.7 Å². The van der Waals surface area contributed by atoms with Crippen molar-refractivity contribution < 1.29 is 0 Å². The summed E-state index contributed by atoms with van der Waals surface area (Å²) in [5, 5.41) is 2.29. The lowest BCUT2D eigenvalue weighted by molar-refractivity contribution is 0.127. The minimum atomic E-state index is 0.693. The largest absolute Gasteiger partial charge is 0.252 e. The van der Waals surface area contributed by atoms with E-state index in [-0.39, 0.29) is 0 Å². The third-order valence-corrected chi connectivity index (χ3v) is 1.85. The average molecular weight is 128 g/mol. The van der Waals surface area contributed by atoms with Gasteiger partial charge in [0.2, 0.25) is 0 Å². The molecule has 0 aromatic carbocycles. The number of rotatable bonds is 1. The van der Waals surface area contributed by atoms with Crippen molar-refractivity contribution in [2.75, 3.05) is 13.1 Å². The molecule has 1 rings (SSSR count). The SMILES string of the molecule is CCN1CCCC(C)N1. The van der Waals surface area contributed by atoms with Gasteiger partial charge in [0.05, 0.1) is 0 Å². The molecule has 0 aromatic heterocycles. The van der Waals surface area contributed by atoms with E-state index in [1.165, 1.54) is 19.4 Å². The van der Waals surface area contributed by atoms with Gasteiger partial charge in [-0.05, 0) is 19.8 Å². The van der Waals surface area contributed by atoms with Crippen molar-refractivity contribution in [3.63, 3.8) is 0 Å². The van der Waals surface area contributed by atoms with Gasteiger partial charge in [-0.3, -0.25) is 5.43 Å². The van der Waals surface area contributed by atoms with Crippen molar-refractivity contribution in [2.45, 2.75) is 32.7 Å². The van der Waals surface area contributed by atoms with Crippen molar-refractivity contribution in [2.24, 2.45) is 0 Å². The highest BCUT2D eigenvalue weighted by atomic mass is 15.5. The molecule has 0 saturated carbocycles. The molecule has 1 saturated heterocycles. The first-order valence-electron chi connectivity index (χ1n) is 3.84. The third kappa shape index (κ3) is 1.95. The van der Waals surface area contributed by atoms with Crippen molar-refractivity contribution in [1.29, 1.82) is 0 Å². The summed E-state index contributed by atoms with van der Waals surface area (Å²) in [5.41, 5.74) is 3.40. The quantitative estimate of drug-likeness (QED) is 0.566. The number of nitrogens with zero attached hydrogens (tertiary/aromatic N) is 1. The summed E-state index contributed by atoms with van der Waals surface area (Å²) >= 11 is 0. The van der Waals surface area contributed by atoms with Crippen molar-refractivity contribution in [1.82, 2.24) is 10.4 Å². The fraction of sp³-hybridized carbons (Fsp3) is 1.00. The molecule has 0 aliphatic carbocycles. The number of hydrogen-bond donors (Lipinski definition) is 1. The molecule has 54 valence electrons. The molecule has 1 atom stereocenters. The molecule has 0 radical (unpaired) electrons. The monoisotopic (exact) mass is 128 g/mol. The minimum Gasteiger partial charge on any atom is -0.252 e. The molecule has 2 heteroatoms. The molecule has 1 heterocycles.